The van der Waals surface area contributed by atoms with E-state index in [1.54, 1.807) is 0 Å². The summed E-state index contributed by atoms with van der Waals surface area (Å²) in [7, 11) is 0. The second-order valence-electron chi connectivity index (χ2n) is 8.82. The van der Waals surface area contributed by atoms with Crippen molar-refractivity contribution in [1.82, 2.24) is 0 Å². The van der Waals surface area contributed by atoms with Crippen LogP contribution in [0.3, 0.4) is 0 Å². The first kappa shape index (κ1) is 18.0. The quantitative estimate of drug-likeness (QED) is 0.635. The van der Waals surface area contributed by atoms with E-state index < -0.39 is 5.41 Å². The van der Waals surface area contributed by atoms with Crippen molar-refractivity contribution < 1.29 is 19.1 Å². The highest BCUT2D eigenvalue weighted by molar-refractivity contribution is 5.99. The molecule has 4 heteroatoms. The number of carbonyl (C=O) groups is 2. The van der Waals surface area contributed by atoms with Crippen LogP contribution < -0.4 is 0 Å². The molecule has 1 saturated heterocycles. The fourth-order valence-electron chi connectivity index (χ4n) is 6.29. The van der Waals surface area contributed by atoms with Crippen LogP contribution in [0.2, 0.25) is 0 Å². The Morgan fingerprint density at radius 2 is 1.86 bits per heavy atom. The molecule has 2 heterocycles. The van der Waals surface area contributed by atoms with Crippen molar-refractivity contribution in [3.8, 4) is 0 Å². The van der Waals surface area contributed by atoms with Gasteiger partial charge in [0.05, 0.1) is 5.41 Å². The van der Waals surface area contributed by atoms with Crippen LogP contribution in [0.15, 0.2) is 46.5 Å². The number of esters is 2. The van der Waals surface area contributed by atoms with E-state index in [4.69, 9.17) is 9.47 Å². The molecule has 6 aliphatic rings. The van der Waals surface area contributed by atoms with Gasteiger partial charge < -0.3 is 9.47 Å². The normalized spacial score (nSPS) is 38.4. The van der Waals surface area contributed by atoms with E-state index in [-0.39, 0.29) is 17.9 Å². The summed E-state index contributed by atoms with van der Waals surface area (Å²) in [5, 5.41) is 0. The van der Waals surface area contributed by atoms with Gasteiger partial charge in [0.1, 0.15) is 11.5 Å². The van der Waals surface area contributed by atoms with E-state index >= 15 is 0 Å². The van der Waals surface area contributed by atoms with Crippen LogP contribution in [0.1, 0.15) is 65.2 Å². The molecule has 1 saturated carbocycles. The van der Waals surface area contributed by atoms with Crippen LogP contribution >= 0.6 is 0 Å². The van der Waals surface area contributed by atoms with Crippen LogP contribution in [-0.2, 0) is 19.1 Å². The molecule has 2 aliphatic heterocycles. The number of allylic oxidation sites excluding steroid dienone is 5. The monoisotopic (exact) mass is 380 g/mol. The predicted molar refractivity (Wildman–Crippen MR) is 105 cm³/mol. The maximum atomic E-state index is 13.0. The molecule has 4 aliphatic carbocycles. The van der Waals surface area contributed by atoms with Crippen LogP contribution in [0.25, 0.3) is 0 Å². The summed E-state index contributed by atoms with van der Waals surface area (Å²) in [5.74, 6) is 1.96. The molecule has 0 amide bonds. The summed E-state index contributed by atoms with van der Waals surface area (Å²) in [6.07, 6.45) is 14.1. The number of unbranched alkanes of at least 4 members (excludes halogenated alkanes) is 2. The van der Waals surface area contributed by atoms with Gasteiger partial charge in [-0.15, -0.1) is 0 Å². The van der Waals surface area contributed by atoms with Crippen LogP contribution in [0.4, 0.5) is 0 Å². The van der Waals surface area contributed by atoms with Gasteiger partial charge in [0.15, 0.2) is 0 Å². The summed E-state index contributed by atoms with van der Waals surface area (Å²) in [5.41, 5.74) is 2.29. The molecule has 148 valence electrons. The Kier molecular flexibility index (Phi) is 4.15. The zero-order valence-corrected chi connectivity index (χ0v) is 16.8. The molecule has 0 aromatic carbocycles. The van der Waals surface area contributed by atoms with Crippen molar-refractivity contribution in [2.45, 2.75) is 65.2 Å². The van der Waals surface area contributed by atoms with Crippen molar-refractivity contribution in [2.24, 2.45) is 23.2 Å². The molecular weight excluding hydrogens is 352 g/mol. The Bertz CT molecular complexity index is 871. The van der Waals surface area contributed by atoms with Gasteiger partial charge in [-0.25, -0.2) is 9.59 Å². The molecule has 2 fully saturated rings. The third kappa shape index (κ3) is 2.23. The standard InChI is InChI=1S/C24H28O4/c1-3-5-7-18-16-10-9-15-14-11-12-24(21(15)20(16)23(26)27-18)17(13-14)22(25)28-19(24)8-6-4-2/h7-8,13-15,21H,3-6,9-12H2,1-2H3/b18-7+,19-8-/t14?,15-,21?,24-/m0/s1. The Morgan fingerprint density at radius 1 is 1.07 bits per heavy atom. The molecular formula is C24H28O4. The topological polar surface area (TPSA) is 52.6 Å². The summed E-state index contributed by atoms with van der Waals surface area (Å²) in [6, 6.07) is 0. The van der Waals surface area contributed by atoms with Gasteiger partial charge in [0.25, 0.3) is 0 Å². The van der Waals surface area contributed by atoms with Crippen LogP contribution in [0, 0.1) is 23.2 Å². The number of rotatable bonds is 4. The highest BCUT2D eigenvalue weighted by atomic mass is 16.5. The first-order valence-corrected chi connectivity index (χ1v) is 10.9. The van der Waals surface area contributed by atoms with Gasteiger partial charge >= 0.3 is 11.9 Å². The minimum Gasteiger partial charge on any atom is -0.427 e. The van der Waals surface area contributed by atoms with Gasteiger partial charge in [-0.1, -0.05) is 32.8 Å². The molecule has 28 heavy (non-hydrogen) atoms. The molecule has 0 N–H and O–H groups in total. The minimum atomic E-state index is -0.452. The fourth-order valence-corrected chi connectivity index (χ4v) is 6.29. The number of ether oxygens (including phenoxy) is 2. The molecule has 6 rings (SSSR count). The SMILES string of the molecule is CCC/C=C1\OC(=O)C2=CC3CC[C@]21C1C2=C(CC[C@@H]31)/C(=C\CCC)OC2=O. The van der Waals surface area contributed by atoms with Crippen molar-refractivity contribution in [1.29, 1.82) is 0 Å². The highest BCUT2D eigenvalue weighted by Crippen LogP contribution is 2.68. The maximum absolute atomic E-state index is 13.0. The van der Waals surface area contributed by atoms with Gasteiger partial charge in [-0.05, 0) is 62.5 Å². The Morgan fingerprint density at radius 3 is 2.64 bits per heavy atom. The smallest absolute Gasteiger partial charge is 0.340 e. The van der Waals surface area contributed by atoms with Crippen molar-refractivity contribution in [2.75, 3.05) is 0 Å². The number of hydrogen-bond acceptors (Lipinski definition) is 4. The maximum Gasteiger partial charge on any atom is 0.340 e. The van der Waals surface area contributed by atoms with Gasteiger partial charge in [-0.3, -0.25) is 0 Å². The average molecular weight is 380 g/mol. The zero-order valence-electron chi connectivity index (χ0n) is 16.8. The van der Waals surface area contributed by atoms with Gasteiger partial charge in [-0.2, -0.15) is 0 Å². The van der Waals surface area contributed by atoms with Crippen LogP contribution in [0.5, 0.6) is 0 Å². The number of hydrogen-bond donors (Lipinski definition) is 0. The lowest BCUT2D eigenvalue weighted by Gasteiger charge is -2.54. The lowest BCUT2D eigenvalue weighted by molar-refractivity contribution is -0.135. The molecule has 2 bridgehead atoms. The van der Waals surface area contributed by atoms with E-state index in [1.165, 1.54) is 0 Å². The summed E-state index contributed by atoms with van der Waals surface area (Å²) >= 11 is 0. The Hall–Kier alpha value is -2.10. The third-order valence-corrected chi connectivity index (χ3v) is 7.43. The lowest BCUT2D eigenvalue weighted by Crippen LogP contribution is -2.50. The first-order valence-electron chi connectivity index (χ1n) is 10.9. The minimum absolute atomic E-state index is 0.0181. The molecule has 4 atom stereocenters. The van der Waals surface area contributed by atoms with Crippen molar-refractivity contribution in [3.63, 3.8) is 0 Å². The molecule has 2 unspecified atom stereocenters. The number of carbonyl (C=O) groups excluding carboxylic acids is 2. The fraction of sp³-hybridized carbons (Fsp3) is 0.583. The van der Waals surface area contributed by atoms with E-state index in [1.807, 2.05) is 0 Å². The number of cyclic esters (lactones) is 2. The molecule has 1 spiro atoms. The van der Waals surface area contributed by atoms with Crippen LogP contribution in [-0.4, -0.2) is 11.9 Å². The van der Waals surface area contributed by atoms with E-state index in [9.17, 15) is 9.59 Å². The number of fused-ring (bicyclic) bond motifs is 1. The summed E-state index contributed by atoms with van der Waals surface area (Å²) in [4.78, 5) is 25.8. The molecule has 4 nitrogen and oxygen atoms in total. The van der Waals surface area contributed by atoms with Gasteiger partial charge in [0.2, 0.25) is 0 Å². The summed E-state index contributed by atoms with van der Waals surface area (Å²) in [6.45, 7) is 4.26. The predicted octanol–water partition coefficient (Wildman–Crippen LogP) is 5.13. The van der Waals surface area contributed by atoms with Crippen molar-refractivity contribution >= 4 is 11.9 Å². The largest absolute Gasteiger partial charge is 0.427 e. The second kappa shape index (κ2) is 6.47. The van der Waals surface area contributed by atoms with Crippen molar-refractivity contribution in [3.05, 3.63) is 46.5 Å². The molecule has 0 radical (unpaired) electrons. The van der Waals surface area contributed by atoms with E-state index in [0.717, 1.165) is 79.6 Å². The second-order valence-corrected chi connectivity index (χ2v) is 8.82. The van der Waals surface area contributed by atoms with Gasteiger partial charge in [0, 0.05) is 22.6 Å². The summed E-state index contributed by atoms with van der Waals surface area (Å²) < 4.78 is 11.6. The van der Waals surface area contributed by atoms with E-state index in [2.05, 4.69) is 32.1 Å². The zero-order chi connectivity index (χ0) is 19.5. The van der Waals surface area contributed by atoms with E-state index in [0.29, 0.717) is 11.8 Å². The average Bonchev–Trinajstić information content (AvgIpc) is 3.19. The Balaban J connectivity index is 1.68. The first-order chi connectivity index (χ1) is 13.6. The Labute approximate surface area is 166 Å². The lowest BCUT2D eigenvalue weighted by atomic mass is 9.47. The third-order valence-electron chi connectivity index (χ3n) is 7.43. The molecule has 0 aromatic heterocycles. The highest BCUT2D eigenvalue weighted by Gasteiger charge is 2.66. The molecule has 0 aromatic rings.